The van der Waals surface area contributed by atoms with Crippen molar-refractivity contribution in [1.82, 2.24) is 4.90 Å². The van der Waals surface area contributed by atoms with E-state index < -0.39 is 0 Å². The molecular weight excluding hydrogens is 198 g/mol. The second-order valence-corrected chi connectivity index (χ2v) is 3.47. The summed E-state index contributed by atoms with van der Waals surface area (Å²) in [4.78, 5) is 2.50. The summed E-state index contributed by atoms with van der Waals surface area (Å²) in [6.07, 6.45) is 0. The summed E-state index contributed by atoms with van der Waals surface area (Å²) in [7, 11) is 5.24. The molecule has 0 heterocycles. The van der Waals surface area contributed by atoms with Gasteiger partial charge in [-0.15, -0.1) is 0 Å². The molecule has 14 heavy (non-hydrogen) atoms. The van der Waals surface area contributed by atoms with Gasteiger partial charge in [-0.2, -0.15) is 0 Å². The number of methoxy groups -OCH3 is 1. The fraction of sp³-hybridized carbons (Fsp3) is 0.300. The highest BCUT2D eigenvalue weighted by molar-refractivity contribution is 7.80. The van der Waals surface area contributed by atoms with Crippen molar-refractivity contribution in [2.24, 2.45) is 0 Å². The first kappa shape index (κ1) is 10.8. The highest BCUT2D eigenvalue weighted by Crippen LogP contribution is 2.26. The number of benzene rings is 1. The number of ether oxygens (including phenoxy) is 1. The van der Waals surface area contributed by atoms with Gasteiger partial charge >= 0.3 is 0 Å². The number of phenols is 1. The predicted molar refractivity (Wildman–Crippen MR) is 60.0 cm³/mol. The lowest BCUT2D eigenvalue weighted by atomic mass is 10.2. The average molecular weight is 211 g/mol. The van der Waals surface area contributed by atoms with Crippen molar-refractivity contribution in [3.05, 3.63) is 23.8 Å². The van der Waals surface area contributed by atoms with Gasteiger partial charge < -0.3 is 14.7 Å². The fourth-order valence-electron chi connectivity index (χ4n) is 1.08. The molecule has 0 saturated heterocycles. The van der Waals surface area contributed by atoms with E-state index in [1.54, 1.807) is 12.1 Å². The van der Waals surface area contributed by atoms with Crippen molar-refractivity contribution in [3.63, 3.8) is 0 Å². The molecule has 0 aromatic heterocycles. The maximum atomic E-state index is 9.52. The number of aromatic hydroxyl groups is 1. The van der Waals surface area contributed by atoms with Crippen LogP contribution in [0.15, 0.2) is 18.2 Å². The predicted octanol–water partition coefficient (Wildman–Crippen LogP) is 1.64. The fourth-order valence-corrected chi connectivity index (χ4v) is 1.21. The maximum absolute atomic E-state index is 9.52. The smallest absolute Gasteiger partial charge is 0.160 e. The Kier molecular flexibility index (Phi) is 3.30. The van der Waals surface area contributed by atoms with Crippen LogP contribution in [-0.2, 0) is 0 Å². The van der Waals surface area contributed by atoms with Gasteiger partial charge in [-0.3, -0.25) is 0 Å². The third-order valence-electron chi connectivity index (χ3n) is 1.83. The third kappa shape index (κ3) is 2.14. The summed E-state index contributed by atoms with van der Waals surface area (Å²) in [6.45, 7) is 0. The van der Waals surface area contributed by atoms with Crippen LogP contribution < -0.4 is 4.74 Å². The van der Waals surface area contributed by atoms with Crippen LogP contribution in [0.1, 0.15) is 5.56 Å². The Hall–Kier alpha value is -1.29. The van der Waals surface area contributed by atoms with Gasteiger partial charge in [-0.1, -0.05) is 12.2 Å². The molecule has 0 aliphatic heterocycles. The van der Waals surface area contributed by atoms with Crippen LogP contribution in [-0.4, -0.2) is 36.2 Å². The van der Waals surface area contributed by atoms with Crippen molar-refractivity contribution in [3.8, 4) is 11.5 Å². The zero-order valence-corrected chi connectivity index (χ0v) is 9.26. The Morgan fingerprint density at radius 2 is 2.07 bits per heavy atom. The Labute approximate surface area is 88.9 Å². The summed E-state index contributed by atoms with van der Waals surface area (Å²) in [5, 5.41) is 9.52. The monoisotopic (exact) mass is 211 g/mol. The van der Waals surface area contributed by atoms with Gasteiger partial charge in [0.25, 0.3) is 0 Å². The molecule has 3 nitrogen and oxygen atoms in total. The summed E-state index contributed by atoms with van der Waals surface area (Å²) in [6, 6.07) is 5.11. The molecule has 0 bridgehead atoms. The van der Waals surface area contributed by atoms with E-state index in [1.807, 2.05) is 25.1 Å². The molecular formula is C10H13NO2S. The number of hydrogen-bond donors (Lipinski definition) is 1. The van der Waals surface area contributed by atoms with Gasteiger partial charge in [0.1, 0.15) is 4.99 Å². The number of phenolic OH excluding ortho intramolecular Hbond substituents is 1. The minimum atomic E-state index is 0.106. The van der Waals surface area contributed by atoms with Gasteiger partial charge in [0.05, 0.1) is 7.11 Å². The molecule has 0 aliphatic carbocycles. The van der Waals surface area contributed by atoms with Crippen LogP contribution in [0.25, 0.3) is 0 Å². The highest BCUT2D eigenvalue weighted by atomic mass is 32.1. The van der Waals surface area contributed by atoms with E-state index in [0.717, 1.165) is 5.56 Å². The molecule has 0 amide bonds. The van der Waals surface area contributed by atoms with Crippen molar-refractivity contribution in [2.75, 3.05) is 21.2 Å². The summed E-state index contributed by atoms with van der Waals surface area (Å²) < 4.78 is 4.93. The van der Waals surface area contributed by atoms with E-state index in [9.17, 15) is 5.11 Å². The largest absolute Gasteiger partial charge is 0.504 e. The second-order valence-electron chi connectivity index (χ2n) is 3.09. The molecule has 0 aliphatic rings. The summed E-state index contributed by atoms with van der Waals surface area (Å²) in [5.41, 5.74) is 0.809. The van der Waals surface area contributed by atoms with Gasteiger partial charge in [0, 0.05) is 19.7 Å². The Bertz CT molecular complexity index is 350. The zero-order chi connectivity index (χ0) is 10.7. The van der Waals surface area contributed by atoms with Crippen molar-refractivity contribution < 1.29 is 9.84 Å². The second kappa shape index (κ2) is 4.28. The van der Waals surface area contributed by atoms with Gasteiger partial charge in [0.15, 0.2) is 11.5 Å². The van der Waals surface area contributed by atoms with Gasteiger partial charge in [-0.05, 0) is 18.2 Å². The molecule has 0 radical (unpaired) electrons. The van der Waals surface area contributed by atoms with Gasteiger partial charge in [0.2, 0.25) is 0 Å². The van der Waals surface area contributed by atoms with E-state index in [1.165, 1.54) is 7.11 Å². The lowest BCUT2D eigenvalue weighted by Crippen LogP contribution is -2.20. The molecule has 0 saturated carbocycles. The van der Waals surface area contributed by atoms with Gasteiger partial charge in [-0.25, -0.2) is 0 Å². The van der Waals surface area contributed by atoms with Crippen LogP contribution in [0.2, 0.25) is 0 Å². The first-order chi connectivity index (χ1) is 6.56. The number of thiocarbonyl (C=S) groups is 1. The molecule has 1 N–H and O–H groups in total. The molecule has 76 valence electrons. The summed E-state index contributed by atoms with van der Waals surface area (Å²) in [5.74, 6) is 0.560. The molecule has 0 atom stereocenters. The molecule has 0 spiro atoms. The SMILES string of the molecule is COc1ccc(C(=S)N(C)C)cc1O. The van der Waals surface area contributed by atoms with Crippen LogP contribution in [0.4, 0.5) is 0 Å². The van der Waals surface area contributed by atoms with Crippen LogP contribution in [0.3, 0.4) is 0 Å². The van der Waals surface area contributed by atoms with Crippen LogP contribution in [0, 0.1) is 0 Å². The highest BCUT2D eigenvalue weighted by Gasteiger charge is 2.07. The minimum Gasteiger partial charge on any atom is -0.504 e. The van der Waals surface area contributed by atoms with Crippen molar-refractivity contribution in [1.29, 1.82) is 0 Å². The van der Waals surface area contributed by atoms with Crippen LogP contribution in [0.5, 0.6) is 11.5 Å². The normalized spacial score (nSPS) is 9.64. The standard InChI is InChI=1S/C10H13NO2S/c1-11(2)10(14)7-4-5-9(13-3)8(12)6-7/h4-6,12H,1-3H3. The van der Waals surface area contributed by atoms with Crippen molar-refractivity contribution >= 4 is 17.2 Å². The Balaban J connectivity index is 3.03. The van der Waals surface area contributed by atoms with E-state index in [-0.39, 0.29) is 5.75 Å². The minimum absolute atomic E-state index is 0.106. The maximum Gasteiger partial charge on any atom is 0.160 e. The van der Waals surface area contributed by atoms with Crippen LogP contribution >= 0.6 is 12.2 Å². The van der Waals surface area contributed by atoms with E-state index >= 15 is 0 Å². The van der Waals surface area contributed by atoms with E-state index in [2.05, 4.69) is 0 Å². The van der Waals surface area contributed by atoms with E-state index in [0.29, 0.717) is 10.7 Å². The average Bonchev–Trinajstić information content (AvgIpc) is 2.16. The first-order valence-electron chi connectivity index (χ1n) is 4.15. The number of rotatable bonds is 2. The first-order valence-corrected chi connectivity index (χ1v) is 4.55. The molecule has 1 aromatic carbocycles. The lowest BCUT2D eigenvalue weighted by Gasteiger charge is -2.14. The molecule has 1 aromatic rings. The third-order valence-corrected chi connectivity index (χ3v) is 2.43. The number of nitrogens with zero attached hydrogens (tertiary/aromatic N) is 1. The Morgan fingerprint density at radius 3 is 2.50 bits per heavy atom. The molecule has 4 heteroatoms. The Morgan fingerprint density at radius 1 is 1.43 bits per heavy atom. The zero-order valence-electron chi connectivity index (χ0n) is 8.44. The molecule has 0 fully saturated rings. The summed E-state index contributed by atoms with van der Waals surface area (Å²) >= 11 is 5.16. The molecule has 1 rings (SSSR count). The number of hydrogen-bond acceptors (Lipinski definition) is 3. The molecule has 0 unspecified atom stereocenters. The lowest BCUT2D eigenvalue weighted by molar-refractivity contribution is 0.373. The topological polar surface area (TPSA) is 32.7 Å². The van der Waals surface area contributed by atoms with Crippen molar-refractivity contribution in [2.45, 2.75) is 0 Å². The quantitative estimate of drug-likeness (QED) is 0.754. The van der Waals surface area contributed by atoms with E-state index in [4.69, 9.17) is 17.0 Å².